The molecule has 108 valence electrons. The molecule has 0 radical (unpaired) electrons. The number of nitrogens with one attached hydrogen (secondary N) is 1. The summed E-state index contributed by atoms with van der Waals surface area (Å²) in [6.45, 7) is 0. The third-order valence-electron chi connectivity index (χ3n) is 2.60. The number of nitrogens with zero attached hydrogens (tertiary/aromatic N) is 1. The minimum absolute atomic E-state index is 0.0396. The second kappa shape index (κ2) is 5.38. The van der Waals surface area contributed by atoms with E-state index in [4.69, 9.17) is 11.0 Å². The number of para-hydroxylation sites is 1. The molecule has 5 nitrogen and oxygen atoms in total. The number of benzene rings is 2. The summed E-state index contributed by atoms with van der Waals surface area (Å²) in [5, 5.41) is 8.89. The Labute approximate surface area is 119 Å². The summed E-state index contributed by atoms with van der Waals surface area (Å²) in [4.78, 5) is -0.923. The Bertz CT molecular complexity index is 845. The van der Waals surface area contributed by atoms with Crippen LogP contribution in [0.5, 0.6) is 0 Å². The van der Waals surface area contributed by atoms with Crippen LogP contribution < -0.4 is 10.5 Å². The van der Waals surface area contributed by atoms with Crippen LogP contribution in [-0.4, -0.2) is 8.42 Å². The van der Waals surface area contributed by atoms with E-state index in [1.54, 1.807) is 6.07 Å². The average molecular weight is 309 g/mol. The maximum atomic E-state index is 13.6. The van der Waals surface area contributed by atoms with E-state index in [1.807, 2.05) is 4.72 Å². The Hall–Kier alpha value is -2.66. The number of sulfonamides is 1. The molecule has 0 unspecified atom stereocenters. The Morgan fingerprint density at radius 1 is 1.19 bits per heavy atom. The zero-order chi connectivity index (χ0) is 15.6. The molecule has 0 aliphatic rings. The van der Waals surface area contributed by atoms with Gasteiger partial charge >= 0.3 is 0 Å². The average Bonchev–Trinajstić information content (AvgIpc) is 2.43. The summed E-state index contributed by atoms with van der Waals surface area (Å²) in [6.07, 6.45) is 0. The van der Waals surface area contributed by atoms with Crippen molar-refractivity contribution >= 4 is 21.4 Å². The van der Waals surface area contributed by atoms with E-state index < -0.39 is 26.6 Å². The van der Waals surface area contributed by atoms with Crippen molar-refractivity contribution in [1.82, 2.24) is 0 Å². The minimum atomic E-state index is -4.42. The standard InChI is InChI=1S/C13H9F2N3O2S/c14-10-5-9(17)6-12(13(10)15)21(19,20)18-11-4-2-1-3-8(11)7-16/h1-6,18H,17H2. The first-order valence-corrected chi connectivity index (χ1v) is 7.10. The Morgan fingerprint density at radius 2 is 1.86 bits per heavy atom. The first-order chi connectivity index (χ1) is 9.85. The van der Waals surface area contributed by atoms with Crippen LogP contribution in [-0.2, 0) is 10.0 Å². The van der Waals surface area contributed by atoms with E-state index in [0.29, 0.717) is 6.07 Å². The summed E-state index contributed by atoms with van der Waals surface area (Å²) < 4.78 is 53.2. The molecule has 0 atom stereocenters. The van der Waals surface area contributed by atoms with Gasteiger partial charge < -0.3 is 5.73 Å². The summed E-state index contributed by atoms with van der Waals surface area (Å²) in [5.41, 5.74) is 5.10. The van der Waals surface area contributed by atoms with Crippen LogP contribution in [0.25, 0.3) is 0 Å². The van der Waals surface area contributed by atoms with Crippen molar-refractivity contribution in [3.8, 4) is 6.07 Å². The molecule has 0 aliphatic heterocycles. The van der Waals surface area contributed by atoms with Crippen LogP contribution in [0.15, 0.2) is 41.3 Å². The fraction of sp³-hybridized carbons (Fsp3) is 0. The number of nitriles is 1. The van der Waals surface area contributed by atoms with Gasteiger partial charge in [0.25, 0.3) is 10.0 Å². The van der Waals surface area contributed by atoms with E-state index in [-0.39, 0.29) is 16.9 Å². The zero-order valence-corrected chi connectivity index (χ0v) is 11.3. The summed E-state index contributed by atoms with van der Waals surface area (Å²) in [6, 6.07) is 9.01. The van der Waals surface area contributed by atoms with Crippen LogP contribution in [0.2, 0.25) is 0 Å². The molecule has 0 heterocycles. The van der Waals surface area contributed by atoms with Gasteiger partial charge in [-0.15, -0.1) is 0 Å². The first kappa shape index (κ1) is 14.7. The van der Waals surface area contributed by atoms with Gasteiger partial charge in [0.05, 0.1) is 11.3 Å². The van der Waals surface area contributed by atoms with Gasteiger partial charge in [0.1, 0.15) is 11.0 Å². The molecular weight excluding hydrogens is 300 g/mol. The second-order valence-corrected chi connectivity index (χ2v) is 5.73. The number of hydrogen-bond acceptors (Lipinski definition) is 4. The lowest BCUT2D eigenvalue weighted by Crippen LogP contribution is -2.16. The largest absolute Gasteiger partial charge is 0.399 e. The van der Waals surface area contributed by atoms with Crippen LogP contribution in [0, 0.1) is 23.0 Å². The smallest absolute Gasteiger partial charge is 0.265 e. The van der Waals surface area contributed by atoms with Crippen molar-refractivity contribution in [3.05, 3.63) is 53.6 Å². The zero-order valence-electron chi connectivity index (χ0n) is 10.5. The van der Waals surface area contributed by atoms with E-state index in [0.717, 1.165) is 6.07 Å². The Kier molecular flexibility index (Phi) is 3.78. The quantitative estimate of drug-likeness (QED) is 0.850. The van der Waals surface area contributed by atoms with Gasteiger partial charge in [0.2, 0.25) is 0 Å². The third-order valence-corrected chi connectivity index (χ3v) is 3.96. The van der Waals surface area contributed by atoms with Crippen LogP contribution >= 0.6 is 0 Å². The molecule has 0 saturated heterocycles. The molecule has 0 fully saturated rings. The fourth-order valence-electron chi connectivity index (χ4n) is 1.65. The lowest BCUT2D eigenvalue weighted by Gasteiger charge is -2.11. The maximum Gasteiger partial charge on any atom is 0.265 e. The van der Waals surface area contributed by atoms with Gasteiger partial charge in [-0.05, 0) is 24.3 Å². The lowest BCUT2D eigenvalue weighted by molar-refractivity contribution is 0.486. The summed E-state index contributed by atoms with van der Waals surface area (Å²) in [7, 11) is -4.42. The van der Waals surface area contributed by atoms with Crippen molar-refractivity contribution in [2.24, 2.45) is 0 Å². The van der Waals surface area contributed by atoms with Crippen molar-refractivity contribution in [2.45, 2.75) is 4.90 Å². The Morgan fingerprint density at radius 3 is 2.52 bits per heavy atom. The molecule has 0 aliphatic carbocycles. The molecule has 0 saturated carbocycles. The van der Waals surface area contributed by atoms with E-state index in [1.165, 1.54) is 24.3 Å². The molecule has 0 amide bonds. The maximum absolute atomic E-state index is 13.6. The first-order valence-electron chi connectivity index (χ1n) is 5.61. The van der Waals surface area contributed by atoms with Crippen molar-refractivity contribution in [3.63, 3.8) is 0 Å². The molecule has 3 N–H and O–H groups in total. The van der Waals surface area contributed by atoms with Gasteiger partial charge in [-0.3, -0.25) is 4.72 Å². The van der Waals surface area contributed by atoms with Crippen LogP contribution in [0.1, 0.15) is 5.56 Å². The van der Waals surface area contributed by atoms with Crippen molar-refractivity contribution in [1.29, 1.82) is 5.26 Å². The highest BCUT2D eigenvalue weighted by Gasteiger charge is 2.23. The number of halogens is 2. The fourth-order valence-corrected chi connectivity index (χ4v) is 2.85. The van der Waals surface area contributed by atoms with E-state index >= 15 is 0 Å². The predicted octanol–water partition coefficient (Wildman–Crippen LogP) is 2.22. The highest BCUT2D eigenvalue weighted by Crippen LogP contribution is 2.24. The van der Waals surface area contributed by atoms with Crippen LogP contribution in [0.3, 0.4) is 0 Å². The van der Waals surface area contributed by atoms with Gasteiger partial charge in [-0.25, -0.2) is 17.2 Å². The van der Waals surface area contributed by atoms with Crippen molar-refractivity contribution < 1.29 is 17.2 Å². The van der Waals surface area contributed by atoms with Crippen molar-refractivity contribution in [2.75, 3.05) is 10.5 Å². The number of nitrogen functional groups attached to an aromatic ring is 1. The minimum Gasteiger partial charge on any atom is -0.399 e. The monoisotopic (exact) mass is 309 g/mol. The van der Waals surface area contributed by atoms with Gasteiger partial charge in [0, 0.05) is 5.69 Å². The summed E-state index contributed by atoms with van der Waals surface area (Å²) >= 11 is 0. The number of hydrogen-bond donors (Lipinski definition) is 2. The van der Waals surface area contributed by atoms with Gasteiger partial charge in [0.15, 0.2) is 11.6 Å². The molecule has 2 aromatic carbocycles. The molecule has 0 bridgehead atoms. The van der Waals surface area contributed by atoms with E-state index in [2.05, 4.69) is 0 Å². The number of nitrogens with two attached hydrogens (primary N) is 1. The lowest BCUT2D eigenvalue weighted by atomic mass is 10.2. The van der Waals surface area contributed by atoms with Gasteiger partial charge in [-0.2, -0.15) is 5.26 Å². The highest BCUT2D eigenvalue weighted by molar-refractivity contribution is 7.92. The highest BCUT2D eigenvalue weighted by atomic mass is 32.2. The summed E-state index contributed by atoms with van der Waals surface area (Å²) in [5.74, 6) is -2.91. The SMILES string of the molecule is N#Cc1ccccc1NS(=O)(=O)c1cc(N)cc(F)c1F. The normalized spacial score (nSPS) is 10.9. The van der Waals surface area contributed by atoms with Crippen LogP contribution in [0.4, 0.5) is 20.2 Å². The predicted molar refractivity (Wildman–Crippen MR) is 72.7 cm³/mol. The molecule has 0 aromatic heterocycles. The number of rotatable bonds is 3. The topological polar surface area (TPSA) is 96.0 Å². The molecular formula is C13H9F2N3O2S. The molecule has 8 heteroatoms. The number of anilines is 2. The molecule has 21 heavy (non-hydrogen) atoms. The molecule has 2 aromatic rings. The second-order valence-electron chi connectivity index (χ2n) is 4.08. The van der Waals surface area contributed by atoms with E-state index in [9.17, 15) is 17.2 Å². The van der Waals surface area contributed by atoms with Gasteiger partial charge in [-0.1, -0.05) is 12.1 Å². The molecule has 2 rings (SSSR count). The third kappa shape index (κ3) is 2.93. The molecule has 0 spiro atoms. The Balaban J connectivity index is 2.52.